The van der Waals surface area contributed by atoms with E-state index < -0.39 is 5.97 Å². The molecule has 0 radical (unpaired) electrons. The SMILES string of the molecule is CC1(C)C(/C=C(\Br)c2ccccc2Cl)C1C(=O)O. The Morgan fingerprint density at radius 1 is 1.44 bits per heavy atom. The molecule has 1 N–H and O–H groups in total. The Labute approximate surface area is 120 Å². The molecule has 0 heterocycles. The van der Waals surface area contributed by atoms with Gasteiger partial charge in [-0.05, 0) is 17.4 Å². The highest BCUT2D eigenvalue weighted by atomic mass is 79.9. The van der Waals surface area contributed by atoms with Crippen LogP contribution in [0.3, 0.4) is 0 Å². The molecule has 0 aromatic heterocycles. The summed E-state index contributed by atoms with van der Waals surface area (Å²) in [5.41, 5.74) is 0.706. The fourth-order valence-corrected chi connectivity index (χ4v) is 3.34. The molecule has 1 aliphatic carbocycles. The van der Waals surface area contributed by atoms with Gasteiger partial charge >= 0.3 is 5.97 Å². The lowest BCUT2D eigenvalue weighted by molar-refractivity contribution is -0.139. The Kier molecular flexibility index (Phi) is 3.56. The molecule has 0 amide bonds. The van der Waals surface area contributed by atoms with E-state index in [0.717, 1.165) is 10.0 Å². The van der Waals surface area contributed by atoms with Gasteiger partial charge in [0.25, 0.3) is 0 Å². The molecule has 4 heteroatoms. The zero-order valence-electron chi connectivity index (χ0n) is 10.2. The monoisotopic (exact) mass is 328 g/mol. The van der Waals surface area contributed by atoms with Crippen molar-refractivity contribution in [2.75, 3.05) is 0 Å². The number of allylic oxidation sites excluding steroid dienone is 1. The van der Waals surface area contributed by atoms with Crippen LogP contribution < -0.4 is 0 Å². The van der Waals surface area contributed by atoms with Crippen LogP contribution in [0.5, 0.6) is 0 Å². The predicted octanol–water partition coefficient (Wildman–Crippen LogP) is 4.43. The van der Waals surface area contributed by atoms with Gasteiger partial charge in [0.1, 0.15) is 0 Å². The summed E-state index contributed by atoms with van der Waals surface area (Å²) in [6, 6.07) is 7.50. The molecule has 2 unspecified atom stereocenters. The minimum atomic E-state index is -0.735. The van der Waals surface area contributed by atoms with Gasteiger partial charge in [-0.1, -0.05) is 65.7 Å². The molecule has 1 fully saturated rings. The third kappa shape index (κ3) is 2.34. The molecular formula is C14H14BrClO2. The summed E-state index contributed by atoms with van der Waals surface area (Å²) in [4.78, 5) is 11.1. The summed E-state index contributed by atoms with van der Waals surface area (Å²) in [5, 5.41) is 9.79. The number of carboxylic acids is 1. The van der Waals surface area contributed by atoms with Crippen LogP contribution in [0.1, 0.15) is 19.4 Å². The first kappa shape index (κ1) is 13.6. The fraction of sp³-hybridized carbons (Fsp3) is 0.357. The number of halogens is 2. The number of carboxylic acid groups (broad SMARTS) is 1. The Balaban J connectivity index is 2.26. The summed E-state index contributed by atoms with van der Waals surface area (Å²) in [6.45, 7) is 3.94. The van der Waals surface area contributed by atoms with Gasteiger partial charge in [-0.25, -0.2) is 0 Å². The van der Waals surface area contributed by atoms with Crippen molar-refractivity contribution in [3.63, 3.8) is 0 Å². The van der Waals surface area contributed by atoms with Gasteiger partial charge in [-0.15, -0.1) is 0 Å². The summed E-state index contributed by atoms with van der Waals surface area (Å²) < 4.78 is 0.856. The minimum Gasteiger partial charge on any atom is -0.481 e. The van der Waals surface area contributed by atoms with Crippen LogP contribution in [-0.4, -0.2) is 11.1 Å². The van der Waals surface area contributed by atoms with Gasteiger partial charge in [0.05, 0.1) is 5.92 Å². The fourth-order valence-electron chi connectivity index (χ4n) is 2.36. The molecule has 1 aromatic carbocycles. The van der Waals surface area contributed by atoms with Crippen molar-refractivity contribution < 1.29 is 9.90 Å². The average molecular weight is 330 g/mol. The minimum absolute atomic E-state index is 0.0423. The maximum absolute atomic E-state index is 11.1. The van der Waals surface area contributed by atoms with Gasteiger partial charge in [-0.2, -0.15) is 0 Å². The molecule has 0 saturated heterocycles. The molecule has 96 valence electrons. The average Bonchev–Trinajstić information content (AvgIpc) is 2.80. The molecule has 1 saturated carbocycles. The molecule has 1 aromatic rings. The van der Waals surface area contributed by atoms with Crippen molar-refractivity contribution in [1.29, 1.82) is 0 Å². The predicted molar refractivity (Wildman–Crippen MR) is 76.8 cm³/mol. The standard InChI is InChI=1S/C14H14BrClO2/c1-14(2)9(12(14)13(17)18)7-10(15)8-5-3-4-6-11(8)16/h3-7,9,12H,1-2H3,(H,17,18)/b10-7-. The van der Waals surface area contributed by atoms with Crippen LogP contribution in [0.25, 0.3) is 4.48 Å². The van der Waals surface area contributed by atoms with Crippen molar-refractivity contribution in [3.8, 4) is 0 Å². The van der Waals surface area contributed by atoms with Crippen molar-refractivity contribution in [1.82, 2.24) is 0 Å². The van der Waals surface area contributed by atoms with E-state index in [1.54, 1.807) is 0 Å². The third-order valence-electron chi connectivity index (χ3n) is 3.63. The summed E-state index contributed by atoms with van der Waals surface area (Å²) >= 11 is 9.60. The van der Waals surface area contributed by atoms with E-state index in [2.05, 4.69) is 15.9 Å². The lowest BCUT2D eigenvalue weighted by atomic mass is 10.1. The van der Waals surface area contributed by atoms with Crippen LogP contribution >= 0.6 is 27.5 Å². The molecule has 2 atom stereocenters. The second-order valence-corrected chi connectivity index (χ2v) is 6.42. The number of hydrogen-bond acceptors (Lipinski definition) is 1. The van der Waals surface area contributed by atoms with E-state index in [1.807, 2.05) is 44.2 Å². The maximum Gasteiger partial charge on any atom is 0.307 e. The smallest absolute Gasteiger partial charge is 0.307 e. The van der Waals surface area contributed by atoms with Crippen LogP contribution in [0.15, 0.2) is 30.3 Å². The Bertz CT molecular complexity index is 522. The zero-order valence-corrected chi connectivity index (χ0v) is 12.5. The van der Waals surface area contributed by atoms with E-state index in [-0.39, 0.29) is 17.3 Å². The molecular weight excluding hydrogens is 316 g/mol. The molecule has 2 rings (SSSR count). The summed E-state index contributed by atoms with van der Waals surface area (Å²) in [6.07, 6.45) is 1.96. The Hall–Kier alpha value is -0.800. The summed E-state index contributed by atoms with van der Waals surface area (Å²) in [7, 11) is 0. The quantitative estimate of drug-likeness (QED) is 0.890. The van der Waals surface area contributed by atoms with Crippen LogP contribution in [-0.2, 0) is 4.79 Å². The van der Waals surface area contributed by atoms with E-state index >= 15 is 0 Å². The van der Waals surface area contributed by atoms with Gasteiger partial charge < -0.3 is 5.11 Å². The lowest BCUT2D eigenvalue weighted by Crippen LogP contribution is -2.03. The van der Waals surface area contributed by atoms with Gasteiger partial charge in [0.2, 0.25) is 0 Å². The largest absolute Gasteiger partial charge is 0.481 e. The highest BCUT2D eigenvalue weighted by Crippen LogP contribution is 2.60. The number of hydrogen-bond donors (Lipinski definition) is 1. The molecule has 18 heavy (non-hydrogen) atoms. The van der Waals surface area contributed by atoms with Crippen molar-refractivity contribution >= 4 is 38.0 Å². The molecule has 0 aliphatic heterocycles. The first-order chi connectivity index (χ1) is 8.35. The molecule has 0 bridgehead atoms. The van der Waals surface area contributed by atoms with Crippen molar-refractivity contribution in [3.05, 3.63) is 40.9 Å². The zero-order chi connectivity index (χ0) is 13.5. The van der Waals surface area contributed by atoms with Crippen LogP contribution in [0.2, 0.25) is 5.02 Å². The molecule has 1 aliphatic rings. The van der Waals surface area contributed by atoms with Gasteiger partial charge in [-0.3, -0.25) is 4.79 Å². The van der Waals surface area contributed by atoms with E-state index in [9.17, 15) is 4.79 Å². The number of rotatable bonds is 3. The molecule has 2 nitrogen and oxygen atoms in total. The summed E-state index contributed by atoms with van der Waals surface area (Å²) in [5.74, 6) is -1.01. The van der Waals surface area contributed by atoms with E-state index in [1.165, 1.54) is 0 Å². The Morgan fingerprint density at radius 3 is 2.56 bits per heavy atom. The highest BCUT2D eigenvalue weighted by Gasteiger charge is 2.60. The van der Waals surface area contributed by atoms with E-state index in [4.69, 9.17) is 16.7 Å². The number of carbonyl (C=O) groups is 1. The van der Waals surface area contributed by atoms with Crippen molar-refractivity contribution in [2.24, 2.45) is 17.3 Å². The highest BCUT2D eigenvalue weighted by molar-refractivity contribution is 9.15. The van der Waals surface area contributed by atoms with E-state index in [0.29, 0.717) is 5.02 Å². The first-order valence-corrected chi connectivity index (χ1v) is 6.88. The number of aliphatic carboxylic acids is 1. The normalized spacial score (nSPS) is 25.9. The lowest BCUT2D eigenvalue weighted by Gasteiger charge is -2.03. The number of benzene rings is 1. The van der Waals surface area contributed by atoms with Gasteiger partial charge in [0, 0.05) is 15.1 Å². The van der Waals surface area contributed by atoms with Gasteiger partial charge in [0.15, 0.2) is 0 Å². The third-order valence-corrected chi connectivity index (χ3v) is 4.65. The van der Waals surface area contributed by atoms with Crippen molar-refractivity contribution in [2.45, 2.75) is 13.8 Å². The maximum atomic E-state index is 11.1. The van der Waals surface area contributed by atoms with Crippen LogP contribution in [0, 0.1) is 17.3 Å². The topological polar surface area (TPSA) is 37.3 Å². The first-order valence-electron chi connectivity index (χ1n) is 5.70. The van der Waals surface area contributed by atoms with Crippen LogP contribution in [0.4, 0.5) is 0 Å². The second-order valence-electron chi connectivity index (χ2n) is 5.16. The Morgan fingerprint density at radius 2 is 2.06 bits per heavy atom. The molecule has 0 spiro atoms. The second kappa shape index (κ2) is 4.71.